The van der Waals surface area contributed by atoms with E-state index in [-0.39, 0.29) is 11.3 Å². The Kier molecular flexibility index (Phi) is 5.74. The number of phenols is 1. The average molecular weight is 423 g/mol. The Morgan fingerprint density at radius 3 is 2.24 bits per heavy atom. The van der Waals surface area contributed by atoms with Crippen molar-refractivity contribution >= 4 is 12.2 Å². The standard InChI is InChI=1S/C20H19ClO8/c1-13-10-15-11-18(26-2)19(27-3)12-17(15)20(28-13,29-21(23,24)25)9-8-14-4-6-16(22)7-5-14/h4-12,22H,1-3H3. The molecule has 1 N–H and O–H groups in total. The molecule has 9 heteroatoms. The first kappa shape index (κ1) is 21.0. The lowest BCUT2D eigenvalue weighted by Crippen LogP contribution is -2.64. The highest BCUT2D eigenvalue weighted by molar-refractivity contribution is 5.66. The number of halogens is 1. The summed E-state index contributed by atoms with van der Waals surface area (Å²) in [7, 11) is -1.96. The molecule has 0 bridgehead atoms. The average Bonchev–Trinajstić information content (AvgIpc) is 2.65. The molecule has 0 aliphatic carbocycles. The summed E-state index contributed by atoms with van der Waals surface area (Å²) in [5.41, 5.74) is 1.38. The highest BCUT2D eigenvalue weighted by Crippen LogP contribution is 2.44. The maximum absolute atomic E-state index is 11.5. The smallest absolute Gasteiger partial charge is 0.408 e. The van der Waals surface area contributed by atoms with E-state index < -0.39 is 16.0 Å². The van der Waals surface area contributed by atoms with Gasteiger partial charge in [-0.3, -0.25) is 0 Å². The number of benzene rings is 2. The summed E-state index contributed by atoms with van der Waals surface area (Å²) in [6.45, 7) is 1.60. The Hall–Kier alpha value is -2.75. The highest BCUT2D eigenvalue weighted by atomic mass is 35.7. The van der Waals surface area contributed by atoms with Crippen molar-refractivity contribution in [1.29, 1.82) is 0 Å². The van der Waals surface area contributed by atoms with Gasteiger partial charge >= 0.3 is 5.79 Å². The molecule has 1 aliphatic rings. The molecule has 29 heavy (non-hydrogen) atoms. The lowest BCUT2D eigenvalue weighted by molar-refractivity contribution is -1.92. The van der Waals surface area contributed by atoms with Crippen LogP contribution in [0.2, 0.25) is 0 Å². The van der Waals surface area contributed by atoms with Crippen molar-refractivity contribution in [3.05, 3.63) is 64.9 Å². The molecule has 0 saturated heterocycles. The van der Waals surface area contributed by atoms with Gasteiger partial charge in [0.1, 0.15) is 10.0 Å². The Balaban J connectivity index is 2.18. The quantitative estimate of drug-likeness (QED) is 0.716. The predicted molar refractivity (Wildman–Crippen MR) is 94.2 cm³/mol. The van der Waals surface area contributed by atoms with Crippen LogP contribution >= 0.6 is 0 Å². The van der Waals surface area contributed by atoms with Gasteiger partial charge in [0.25, 0.3) is 0 Å². The van der Waals surface area contributed by atoms with Gasteiger partial charge in [0.05, 0.1) is 35.8 Å². The van der Waals surface area contributed by atoms with E-state index in [1.165, 1.54) is 44.6 Å². The number of ether oxygens (including phenoxy) is 3. The number of allylic oxidation sites excluding steroid dienone is 1. The Morgan fingerprint density at radius 2 is 1.66 bits per heavy atom. The maximum Gasteiger partial charge on any atom is 0.408 e. The topological polar surface area (TPSA) is 126 Å². The van der Waals surface area contributed by atoms with Crippen molar-refractivity contribution in [2.75, 3.05) is 14.2 Å². The van der Waals surface area contributed by atoms with Gasteiger partial charge in [-0.05, 0) is 48.4 Å². The predicted octanol–water partition coefficient (Wildman–Crippen LogP) is 0.580. The first-order valence-corrected chi connectivity index (χ1v) is 9.63. The fourth-order valence-electron chi connectivity index (χ4n) is 3.00. The number of fused-ring (bicyclic) bond motifs is 1. The van der Waals surface area contributed by atoms with E-state index in [4.69, 9.17) is 18.5 Å². The van der Waals surface area contributed by atoms with Crippen molar-refractivity contribution in [3.63, 3.8) is 0 Å². The lowest BCUT2D eigenvalue weighted by Gasteiger charge is -2.32. The van der Waals surface area contributed by atoms with E-state index >= 15 is 0 Å². The van der Waals surface area contributed by atoms with Crippen molar-refractivity contribution in [2.45, 2.75) is 12.7 Å². The third-order valence-corrected chi connectivity index (χ3v) is 4.62. The van der Waals surface area contributed by atoms with Gasteiger partial charge in [0.15, 0.2) is 11.5 Å². The molecular weight excluding hydrogens is 404 g/mol. The number of methoxy groups -OCH3 is 2. The normalized spacial score (nSPS) is 18.8. The second kappa shape index (κ2) is 7.94. The lowest BCUT2D eigenvalue weighted by atomic mass is 9.94. The Morgan fingerprint density at radius 1 is 1.03 bits per heavy atom. The summed E-state index contributed by atoms with van der Waals surface area (Å²) in [5, 5.41) is 9.42. The minimum absolute atomic E-state index is 0.0728. The zero-order chi connectivity index (χ0) is 21.2. The van der Waals surface area contributed by atoms with Crippen molar-refractivity contribution in [1.82, 2.24) is 0 Å². The van der Waals surface area contributed by atoms with Gasteiger partial charge in [-0.25, -0.2) is 0 Å². The van der Waals surface area contributed by atoms with E-state index in [1.807, 2.05) is 0 Å². The van der Waals surface area contributed by atoms with Crippen LogP contribution in [-0.2, 0) is 14.8 Å². The second-order valence-electron chi connectivity index (χ2n) is 6.20. The third kappa shape index (κ3) is 4.64. The van der Waals surface area contributed by atoms with Gasteiger partial charge in [0, 0.05) is 6.08 Å². The van der Waals surface area contributed by atoms with Crippen LogP contribution < -0.4 is 23.5 Å². The number of rotatable bonds is 6. The maximum atomic E-state index is 11.5. The highest BCUT2D eigenvalue weighted by Gasteiger charge is 2.52. The van der Waals surface area contributed by atoms with Gasteiger partial charge in [-0.1, -0.05) is 18.2 Å². The molecule has 0 aromatic heterocycles. The largest absolute Gasteiger partial charge is 0.508 e. The Bertz CT molecular complexity index is 946. The molecule has 8 nitrogen and oxygen atoms in total. The van der Waals surface area contributed by atoms with Crippen LogP contribution in [0.1, 0.15) is 23.6 Å². The van der Waals surface area contributed by atoms with Crippen molar-refractivity contribution in [2.24, 2.45) is 0 Å². The molecule has 2 aromatic rings. The van der Waals surface area contributed by atoms with E-state index in [9.17, 15) is 19.1 Å². The summed E-state index contributed by atoms with van der Waals surface area (Å²) in [5.74, 6) is -0.958. The molecule has 1 atom stereocenters. The van der Waals surface area contributed by atoms with Crippen LogP contribution in [0.25, 0.3) is 12.2 Å². The Labute approximate surface area is 169 Å². The third-order valence-electron chi connectivity index (χ3n) is 4.20. The summed E-state index contributed by atoms with van der Waals surface area (Å²) >= 11 is 0. The van der Waals surface area contributed by atoms with E-state index in [0.29, 0.717) is 28.4 Å². The molecule has 0 saturated carbocycles. The van der Waals surface area contributed by atoms with Gasteiger partial charge in [-0.2, -0.15) is 14.0 Å². The summed E-state index contributed by atoms with van der Waals surface area (Å²) in [4.78, 5) is 0. The molecule has 0 fully saturated rings. The summed E-state index contributed by atoms with van der Waals surface area (Å²) in [6.07, 6.45) is 4.48. The molecule has 1 heterocycles. The van der Waals surface area contributed by atoms with Gasteiger partial charge < -0.3 is 19.3 Å². The van der Waals surface area contributed by atoms with Crippen molar-refractivity contribution < 1.29 is 47.8 Å². The molecule has 3 rings (SSSR count). The van der Waals surface area contributed by atoms with Gasteiger partial charge in [-0.15, -0.1) is 0 Å². The zero-order valence-electron chi connectivity index (χ0n) is 15.9. The number of aromatic hydroxyl groups is 1. The molecule has 1 unspecified atom stereocenters. The molecular formula is C20H19ClO8. The summed E-state index contributed by atoms with van der Waals surface area (Å²) in [6, 6.07) is 9.24. The van der Waals surface area contributed by atoms with Crippen LogP contribution in [0.5, 0.6) is 17.2 Å². The monoisotopic (exact) mass is 422 g/mol. The van der Waals surface area contributed by atoms with E-state index in [0.717, 1.165) is 0 Å². The molecule has 0 spiro atoms. The first-order valence-electron chi connectivity index (χ1n) is 8.39. The van der Waals surface area contributed by atoms with Crippen LogP contribution in [0.4, 0.5) is 0 Å². The van der Waals surface area contributed by atoms with Crippen molar-refractivity contribution in [3.8, 4) is 17.2 Å². The molecule has 1 aliphatic heterocycles. The molecule has 0 amide bonds. The first-order chi connectivity index (χ1) is 13.7. The molecule has 2 aromatic carbocycles. The van der Waals surface area contributed by atoms with Crippen LogP contribution in [-0.4, -0.2) is 19.3 Å². The molecule has 154 valence electrons. The SMILES string of the molecule is COc1cc2c(cc1OC)C(C=Cc1ccc(O)cc1)(O[Cl+3]([O-])([O-])[O-])OC(C)=C2. The van der Waals surface area contributed by atoms with Crippen LogP contribution in [0.15, 0.2) is 48.2 Å². The van der Waals surface area contributed by atoms with E-state index in [1.54, 1.807) is 31.2 Å². The minimum atomic E-state index is -4.85. The number of hydrogen-bond donors (Lipinski definition) is 1. The molecule has 0 radical (unpaired) electrons. The second-order valence-corrected chi connectivity index (χ2v) is 7.11. The number of hydrogen-bond acceptors (Lipinski definition) is 8. The van der Waals surface area contributed by atoms with Crippen LogP contribution in [0, 0.1) is 10.2 Å². The fraction of sp³-hybridized carbons (Fsp3) is 0.200. The minimum Gasteiger partial charge on any atom is -0.508 e. The zero-order valence-corrected chi connectivity index (χ0v) is 16.6. The van der Waals surface area contributed by atoms with Crippen LogP contribution in [0.3, 0.4) is 0 Å². The summed E-state index contributed by atoms with van der Waals surface area (Å²) < 4.78 is 55.7. The number of phenolic OH excluding ortho intramolecular Hbond substituents is 1. The fourth-order valence-corrected chi connectivity index (χ4v) is 3.44. The van der Waals surface area contributed by atoms with Gasteiger partial charge in [0.2, 0.25) is 0 Å². The van der Waals surface area contributed by atoms with E-state index in [2.05, 4.69) is 0 Å².